The molecule has 0 aliphatic carbocycles. The number of carboxylic acids is 1. The average Bonchev–Trinajstić information content (AvgIpc) is 2.79. The number of aliphatic carboxylic acids is 1. The van der Waals surface area contributed by atoms with Gasteiger partial charge in [0.25, 0.3) is 0 Å². The molecular weight excluding hydrogens is 222 g/mol. The molecule has 1 N–H and O–H groups in total. The van der Waals surface area contributed by atoms with Gasteiger partial charge in [0.05, 0.1) is 25.7 Å². The molecule has 0 saturated carbocycles. The Kier molecular flexibility index (Phi) is 4.11. The van der Waals surface area contributed by atoms with Crippen molar-refractivity contribution >= 4 is 5.97 Å². The second-order valence-electron chi connectivity index (χ2n) is 4.16. The van der Waals surface area contributed by atoms with Gasteiger partial charge in [-0.05, 0) is 6.07 Å². The molecule has 6 nitrogen and oxygen atoms in total. The van der Waals surface area contributed by atoms with E-state index in [0.29, 0.717) is 13.2 Å². The summed E-state index contributed by atoms with van der Waals surface area (Å²) in [5, 5.41) is 12.9. The normalized spacial score (nSPS) is 21.5. The van der Waals surface area contributed by atoms with Crippen molar-refractivity contribution in [3.05, 3.63) is 18.5 Å². The fraction of sp³-hybridized carbons (Fsp3) is 0.636. The van der Waals surface area contributed by atoms with Crippen LogP contribution in [0.5, 0.6) is 0 Å². The first-order valence-corrected chi connectivity index (χ1v) is 5.77. The van der Waals surface area contributed by atoms with Gasteiger partial charge < -0.3 is 9.84 Å². The van der Waals surface area contributed by atoms with Gasteiger partial charge in [-0.25, -0.2) is 0 Å². The van der Waals surface area contributed by atoms with E-state index in [1.54, 1.807) is 6.20 Å². The molecule has 0 radical (unpaired) electrons. The van der Waals surface area contributed by atoms with Crippen LogP contribution in [0, 0.1) is 0 Å². The van der Waals surface area contributed by atoms with Crippen molar-refractivity contribution in [2.75, 3.05) is 26.2 Å². The van der Waals surface area contributed by atoms with Crippen molar-refractivity contribution in [1.29, 1.82) is 0 Å². The molecular formula is C11H17N3O3. The minimum atomic E-state index is -0.802. The monoisotopic (exact) mass is 239 g/mol. The summed E-state index contributed by atoms with van der Waals surface area (Å²) in [6.07, 6.45) is 3.58. The van der Waals surface area contributed by atoms with E-state index in [1.165, 1.54) is 0 Å². The molecule has 0 bridgehead atoms. The van der Waals surface area contributed by atoms with Gasteiger partial charge in [-0.2, -0.15) is 5.10 Å². The summed E-state index contributed by atoms with van der Waals surface area (Å²) in [5.41, 5.74) is 0. The topological polar surface area (TPSA) is 67.6 Å². The third-order valence-electron chi connectivity index (χ3n) is 2.83. The van der Waals surface area contributed by atoms with E-state index >= 15 is 0 Å². The third kappa shape index (κ3) is 3.83. The summed E-state index contributed by atoms with van der Waals surface area (Å²) in [6.45, 7) is 3.86. The van der Waals surface area contributed by atoms with Crippen LogP contribution in [-0.4, -0.2) is 58.1 Å². The number of hydrogen-bond acceptors (Lipinski definition) is 4. The Morgan fingerprint density at radius 2 is 2.41 bits per heavy atom. The van der Waals surface area contributed by atoms with Gasteiger partial charge in [0.2, 0.25) is 0 Å². The highest BCUT2D eigenvalue weighted by molar-refractivity contribution is 5.67. The molecule has 0 aromatic carbocycles. The lowest BCUT2D eigenvalue weighted by atomic mass is 10.2. The number of nitrogens with zero attached hydrogens (tertiary/aromatic N) is 3. The van der Waals surface area contributed by atoms with Crippen LogP contribution in [-0.2, 0) is 16.1 Å². The molecule has 6 heteroatoms. The Bertz CT molecular complexity index is 353. The Labute approximate surface area is 99.8 Å². The van der Waals surface area contributed by atoms with Crippen LogP contribution in [0.25, 0.3) is 0 Å². The van der Waals surface area contributed by atoms with E-state index in [1.807, 2.05) is 16.9 Å². The van der Waals surface area contributed by atoms with E-state index in [4.69, 9.17) is 9.84 Å². The SMILES string of the molecule is O=C(O)CC1CN(CCn2cccn2)CCO1. The quantitative estimate of drug-likeness (QED) is 0.787. The standard InChI is InChI=1S/C11H17N3O3/c15-11(16)8-10-9-13(6-7-17-10)4-5-14-3-1-2-12-14/h1-3,10H,4-9H2,(H,15,16). The molecule has 1 saturated heterocycles. The molecule has 1 atom stereocenters. The van der Waals surface area contributed by atoms with Crippen molar-refractivity contribution in [3.63, 3.8) is 0 Å². The smallest absolute Gasteiger partial charge is 0.306 e. The Hall–Kier alpha value is -1.40. The maximum atomic E-state index is 10.6. The Balaban J connectivity index is 1.75. The first-order valence-electron chi connectivity index (χ1n) is 5.77. The lowest BCUT2D eigenvalue weighted by molar-refractivity contribution is -0.142. The van der Waals surface area contributed by atoms with Gasteiger partial charge in [-0.15, -0.1) is 0 Å². The lowest BCUT2D eigenvalue weighted by Crippen LogP contribution is -2.44. The molecule has 1 unspecified atom stereocenters. The summed E-state index contributed by atoms with van der Waals surface area (Å²) in [6, 6.07) is 1.90. The maximum absolute atomic E-state index is 10.6. The molecule has 1 aliphatic heterocycles. The molecule has 1 fully saturated rings. The average molecular weight is 239 g/mol. The van der Waals surface area contributed by atoms with Crippen LogP contribution in [0.1, 0.15) is 6.42 Å². The highest BCUT2D eigenvalue weighted by Crippen LogP contribution is 2.08. The van der Waals surface area contributed by atoms with Crippen LogP contribution in [0.3, 0.4) is 0 Å². The number of aromatic nitrogens is 2. The number of hydrogen-bond donors (Lipinski definition) is 1. The van der Waals surface area contributed by atoms with Crippen molar-refractivity contribution in [3.8, 4) is 0 Å². The van der Waals surface area contributed by atoms with E-state index in [9.17, 15) is 4.79 Å². The van der Waals surface area contributed by atoms with Crippen LogP contribution < -0.4 is 0 Å². The number of rotatable bonds is 5. The van der Waals surface area contributed by atoms with E-state index < -0.39 is 5.97 Å². The number of ether oxygens (including phenoxy) is 1. The Morgan fingerprint density at radius 3 is 3.12 bits per heavy atom. The molecule has 1 aliphatic rings. The highest BCUT2D eigenvalue weighted by atomic mass is 16.5. The van der Waals surface area contributed by atoms with Crippen LogP contribution in [0.15, 0.2) is 18.5 Å². The van der Waals surface area contributed by atoms with Crippen molar-refractivity contribution < 1.29 is 14.6 Å². The molecule has 17 heavy (non-hydrogen) atoms. The van der Waals surface area contributed by atoms with Gasteiger partial charge in [-0.3, -0.25) is 14.4 Å². The van der Waals surface area contributed by atoms with Gasteiger partial charge in [0.15, 0.2) is 0 Å². The largest absolute Gasteiger partial charge is 0.481 e. The zero-order valence-corrected chi connectivity index (χ0v) is 9.66. The van der Waals surface area contributed by atoms with E-state index in [2.05, 4.69) is 10.00 Å². The molecule has 2 heterocycles. The zero-order chi connectivity index (χ0) is 12.1. The van der Waals surface area contributed by atoms with Gasteiger partial charge in [0, 0.05) is 32.0 Å². The molecule has 0 spiro atoms. The zero-order valence-electron chi connectivity index (χ0n) is 9.66. The summed E-state index contributed by atoms with van der Waals surface area (Å²) in [7, 11) is 0. The van der Waals surface area contributed by atoms with Gasteiger partial charge >= 0.3 is 5.97 Å². The predicted molar refractivity (Wildman–Crippen MR) is 60.7 cm³/mol. The minimum absolute atomic E-state index is 0.0816. The molecule has 2 rings (SSSR count). The van der Waals surface area contributed by atoms with Crippen LogP contribution in [0.4, 0.5) is 0 Å². The summed E-state index contributed by atoms with van der Waals surface area (Å²) in [5.74, 6) is -0.802. The van der Waals surface area contributed by atoms with Crippen molar-refractivity contribution in [2.45, 2.75) is 19.1 Å². The van der Waals surface area contributed by atoms with Gasteiger partial charge in [-0.1, -0.05) is 0 Å². The lowest BCUT2D eigenvalue weighted by Gasteiger charge is -2.32. The van der Waals surface area contributed by atoms with Crippen molar-refractivity contribution in [2.24, 2.45) is 0 Å². The summed E-state index contributed by atoms with van der Waals surface area (Å²) >= 11 is 0. The first-order chi connectivity index (χ1) is 8.24. The predicted octanol–water partition coefficient (Wildman–Crippen LogP) is 0.0586. The molecule has 0 amide bonds. The minimum Gasteiger partial charge on any atom is -0.481 e. The fourth-order valence-electron chi connectivity index (χ4n) is 1.98. The fourth-order valence-corrected chi connectivity index (χ4v) is 1.98. The molecule has 1 aromatic heterocycles. The number of morpholine rings is 1. The van der Waals surface area contributed by atoms with Crippen LogP contribution in [0.2, 0.25) is 0 Å². The number of carbonyl (C=O) groups is 1. The molecule has 1 aromatic rings. The van der Waals surface area contributed by atoms with E-state index in [0.717, 1.165) is 19.6 Å². The third-order valence-corrected chi connectivity index (χ3v) is 2.83. The number of carboxylic acid groups (broad SMARTS) is 1. The van der Waals surface area contributed by atoms with E-state index in [-0.39, 0.29) is 12.5 Å². The van der Waals surface area contributed by atoms with Crippen molar-refractivity contribution in [1.82, 2.24) is 14.7 Å². The molecule has 94 valence electrons. The van der Waals surface area contributed by atoms with Gasteiger partial charge in [0.1, 0.15) is 0 Å². The van der Waals surface area contributed by atoms with Crippen LogP contribution >= 0.6 is 0 Å². The second-order valence-corrected chi connectivity index (χ2v) is 4.16. The summed E-state index contributed by atoms with van der Waals surface area (Å²) in [4.78, 5) is 12.8. The second kappa shape index (κ2) is 5.79. The summed E-state index contributed by atoms with van der Waals surface area (Å²) < 4.78 is 7.29. The Morgan fingerprint density at radius 1 is 1.53 bits per heavy atom. The maximum Gasteiger partial charge on any atom is 0.306 e. The first kappa shape index (κ1) is 12.1. The highest BCUT2D eigenvalue weighted by Gasteiger charge is 2.22.